The fourth-order valence-electron chi connectivity index (χ4n) is 3.96. The third-order valence-electron chi connectivity index (χ3n) is 5.54. The standard InChI is InChI=1S/C18H25FN4O2.C2HF3O2/c1-21(2)10-11-23-16(24)4-7-18(23)6-3-9-22(13-18)17(25)14-5-8-20-12-15(14)19;3-2(4,5)1(6)7/h5,8,12H,3-4,6-7,9-11,13H2,1-2H3;(H,6,7). The minimum Gasteiger partial charge on any atom is -0.475 e. The molecule has 2 amide bonds. The van der Waals surface area contributed by atoms with E-state index in [-0.39, 0.29) is 22.9 Å². The minimum atomic E-state index is -5.08. The van der Waals surface area contributed by atoms with Gasteiger partial charge >= 0.3 is 12.1 Å². The van der Waals surface area contributed by atoms with Crippen LogP contribution in [0.4, 0.5) is 17.6 Å². The molecule has 2 aliphatic rings. The van der Waals surface area contributed by atoms with Crippen LogP contribution in [0, 0.1) is 5.82 Å². The fraction of sp³-hybridized carbons (Fsp3) is 0.600. The van der Waals surface area contributed by atoms with Gasteiger partial charge in [-0.3, -0.25) is 14.6 Å². The van der Waals surface area contributed by atoms with Crippen LogP contribution >= 0.6 is 0 Å². The zero-order valence-corrected chi connectivity index (χ0v) is 17.9. The van der Waals surface area contributed by atoms with E-state index in [4.69, 9.17) is 9.90 Å². The number of aliphatic carboxylic acids is 1. The van der Waals surface area contributed by atoms with Crippen molar-refractivity contribution in [1.29, 1.82) is 0 Å². The van der Waals surface area contributed by atoms with E-state index >= 15 is 0 Å². The van der Waals surface area contributed by atoms with Crippen molar-refractivity contribution in [3.63, 3.8) is 0 Å². The van der Waals surface area contributed by atoms with E-state index in [1.165, 1.54) is 12.3 Å². The maximum Gasteiger partial charge on any atom is 0.490 e. The summed E-state index contributed by atoms with van der Waals surface area (Å²) in [6.45, 7) is 2.53. The van der Waals surface area contributed by atoms with Gasteiger partial charge < -0.3 is 19.8 Å². The number of alkyl halides is 3. The molecule has 3 rings (SSSR count). The molecular formula is C20H26F4N4O4. The number of piperidine rings is 1. The lowest BCUT2D eigenvalue weighted by molar-refractivity contribution is -0.192. The number of carboxylic acid groups (broad SMARTS) is 1. The normalized spacial score (nSPS) is 21.0. The van der Waals surface area contributed by atoms with E-state index in [1.807, 2.05) is 19.0 Å². The highest BCUT2D eigenvalue weighted by Gasteiger charge is 2.48. The summed E-state index contributed by atoms with van der Waals surface area (Å²) < 4.78 is 45.7. The van der Waals surface area contributed by atoms with E-state index in [0.717, 1.165) is 32.0 Å². The van der Waals surface area contributed by atoms with Gasteiger partial charge in [0.1, 0.15) is 0 Å². The lowest BCUT2D eigenvalue weighted by atomic mass is 9.86. The van der Waals surface area contributed by atoms with Gasteiger partial charge in [-0.2, -0.15) is 13.2 Å². The van der Waals surface area contributed by atoms with Crippen molar-refractivity contribution in [2.75, 3.05) is 40.3 Å². The highest BCUT2D eigenvalue weighted by Crippen LogP contribution is 2.38. The quantitative estimate of drug-likeness (QED) is 0.689. The summed E-state index contributed by atoms with van der Waals surface area (Å²) in [5, 5.41) is 7.12. The van der Waals surface area contributed by atoms with Crippen molar-refractivity contribution in [3.8, 4) is 0 Å². The smallest absolute Gasteiger partial charge is 0.475 e. The number of carboxylic acids is 1. The van der Waals surface area contributed by atoms with Gasteiger partial charge in [0.25, 0.3) is 5.91 Å². The van der Waals surface area contributed by atoms with E-state index < -0.39 is 18.0 Å². The highest BCUT2D eigenvalue weighted by molar-refractivity contribution is 5.94. The number of nitrogens with zero attached hydrogens (tertiary/aromatic N) is 4. The number of carbonyl (C=O) groups excluding carboxylic acids is 2. The minimum absolute atomic E-state index is 0.0521. The summed E-state index contributed by atoms with van der Waals surface area (Å²) >= 11 is 0. The molecule has 0 aromatic carbocycles. The van der Waals surface area contributed by atoms with Crippen molar-refractivity contribution in [3.05, 3.63) is 29.8 Å². The van der Waals surface area contributed by atoms with Crippen LogP contribution in [0.15, 0.2) is 18.5 Å². The molecular weight excluding hydrogens is 436 g/mol. The Bertz CT molecular complexity index is 849. The SMILES string of the molecule is CN(C)CCN1C(=O)CCC12CCCN(C(=O)c1ccncc1F)C2.O=C(O)C(F)(F)F. The van der Waals surface area contributed by atoms with Gasteiger partial charge in [0.05, 0.1) is 17.3 Å². The number of rotatable bonds is 4. The number of halogens is 4. The monoisotopic (exact) mass is 462 g/mol. The molecule has 1 aromatic heterocycles. The van der Waals surface area contributed by atoms with Crippen LogP contribution < -0.4 is 0 Å². The Morgan fingerprint density at radius 3 is 2.50 bits per heavy atom. The number of hydrogen-bond donors (Lipinski definition) is 1. The summed E-state index contributed by atoms with van der Waals surface area (Å²) in [7, 11) is 3.96. The molecule has 8 nitrogen and oxygen atoms in total. The molecule has 0 aliphatic carbocycles. The molecule has 2 aliphatic heterocycles. The number of pyridine rings is 1. The average Bonchev–Trinajstić information content (AvgIpc) is 3.00. The predicted molar refractivity (Wildman–Crippen MR) is 105 cm³/mol. The van der Waals surface area contributed by atoms with Crippen molar-refractivity contribution >= 4 is 17.8 Å². The van der Waals surface area contributed by atoms with E-state index in [2.05, 4.69) is 9.88 Å². The number of carbonyl (C=O) groups is 3. The molecule has 1 unspecified atom stereocenters. The second-order valence-electron chi connectivity index (χ2n) is 8.06. The first-order valence-electron chi connectivity index (χ1n) is 10.0. The highest BCUT2D eigenvalue weighted by atomic mass is 19.4. The molecule has 2 saturated heterocycles. The van der Waals surface area contributed by atoms with Crippen LogP contribution in [-0.4, -0.2) is 94.6 Å². The zero-order valence-electron chi connectivity index (χ0n) is 17.9. The second kappa shape index (κ2) is 10.2. The first kappa shape index (κ1) is 25.5. The van der Waals surface area contributed by atoms with E-state index in [1.54, 1.807) is 4.90 Å². The van der Waals surface area contributed by atoms with Crippen LogP contribution in [0.3, 0.4) is 0 Å². The Morgan fingerprint density at radius 2 is 1.94 bits per heavy atom. The number of likely N-dealkylation sites (N-methyl/N-ethyl adjacent to an activating group) is 1. The lowest BCUT2D eigenvalue weighted by Crippen LogP contribution is -2.58. The zero-order chi connectivity index (χ0) is 24.1. The first-order valence-corrected chi connectivity index (χ1v) is 10.0. The molecule has 1 atom stereocenters. The molecule has 2 fully saturated rings. The molecule has 0 saturated carbocycles. The van der Waals surface area contributed by atoms with Crippen LogP contribution in [0.1, 0.15) is 36.0 Å². The Labute approximate surface area is 182 Å². The summed E-state index contributed by atoms with van der Waals surface area (Å²) in [5.74, 6) is -3.51. The van der Waals surface area contributed by atoms with Gasteiger partial charge in [0.2, 0.25) is 5.91 Å². The maximum absolute atomic E-state index is 13.9. The molecule has 0 bridgehead atoms. The van der Waals surface area contributed by atoms with Crippen molar-refractivity contribution < 1.29 is 37.1 Å². The average molecular weight is 462 g/mol. The molecule has 3 heterocycles. The molecule has 1 aromatic rings. The molecule has 32 heavy (non-hydrogen) atoms. The molecule has 1 spiro atoms. The summed E-state index contributed by atoms with van der Waals surface area (Å²) in [5.41, 5.74) is -0.249. The van der Waals surface area contributed by atoms with Gasteiger partial charge in [-0.25, -0.2) is 9.18 Å². The van der Waals surface area contributed by atoms with Crippen molar-refractivity contribution in [2.45, 2.75) is 37.4 Å². The van der Waals surface area contributed by atoms with E-state index in [9.17, 15) is 27.2 Å². The van der Waals surface area contributed by atoms with E-state index in [0.29, 0.717) is 26.1 Å². The largest absolute Gasteiger partial charge is 0.490 e. The Kier molecular flexibility index (Phi) is 8.16. The Balaban J connectivity index is 0.000000451. The third kappa shape index (κ3) is 6.15. The summed E-state index contributed by atoms with van der Waals surface area (Å²) in [6, 6.07) is 1.42. The van der Waals surface area contributed by atoms with Crippen LogP contribution in [0.2, 0.25) is 0 Å². The Hall–Kier alpha value is -2.76. The third-order valence-corrected chi connectivity index (χ3v) is 5.54. The van der Waals surface area contributed by atoms with Gasteiger partial charge in [0, 0.05) is 38.8 Å². The van der Waals surface area contributed by atoms with Crippen LogP contribution in [-0.2, 0) is 9.59 Å². The first-order chi connectivity index (χ1) is 14.9. The molecule has 1 N–H and O–H groups in total. The molecule has 0 radical (unpaired) electrons. The number of amides is 2. The van der Waals surface area contributed by atoms with Gasteiger partial charge in [-0.05, 0) is 39.4 Å². The topological polar surface area (TPSA) is 94.0 Å². The molecule has 12 heteroatoms. The Morgan fingerprint density at radius 1 is 1.28 bits per heavy atom. The van der Waals surface area contributed by atoms with Gasteiger partial charge in [-0.1, -0.05) is 0 Å². The fourth-order valence-corrected chi connectivity index (χ4v) is 3.96. The molecule has 178 valence electrons. The predicted octanol–water partition coefficient (Wildman–Crippen LogP) is 2.01. The number of likely N-dealkylation sites (tertiary alicyclic amines) is 2. The van der Waals surface area contributed by atoms with Gasteiger partial charge in [0.15, 0.2) is 5.82 Å². The summed E-state index contributed by atoms with van der Waals surface area (Å²) in [4.78, 5) is 43.5. The number of aromatic nitrogens is 1. The van der Waals surface area contributed by atoms with Crippen LogP contribution in [0.25, 0.3) is 0 Å². The van der Waals surface area contributed by atoms with Crippen molar-refractivity contribution in [2.24, 2.45) is 0 Å². The number of hydrogen-bond acceptors (Lipinski definition) is 5. The van der Waals surface area contributed by atoms with Crippen molar-refractivity contribution in [1.82, 2.24) is 19.7 Å². The second-order valence-corrected chi connectivity index (χ2v) is 8.06. The van der Waals surface area contributed by atoms with Crippen LogP contribution in [0.5, 0.6) is 0 Å². The van der Waals surface area contributed by atoms with Gasteiger partial charge in [-0.15, -0.1) is 0 Å². The lowest BCUT2D eigenvalue weighted by Gasteiger charge is -2.46. The maximum atomic E-state index is 13.9. The summed E-state index contributed by atoms with van der Waals surface area (Å²) in [6.07, 6.45) is 0.424.